The molecule has 0 spiro atoms. The zero-order valence-corrected chi connectivity index (χ0v) is 12.3. The summed E-state index contributed by atoms with van der Waals surface area (Å²) < 4.78 is 33.9. The van der Waals surface area contributed by atoms with Crippen LogP contribution in [-0.2, 0) is 14.9 Å². The van der Waals surface area contributed by atoms with E-state index < -0.39 is 15.7 Å². The number of methoxy groups -OCH3 is 1. The fourth-order valence-electron chi connectivity index (χ4n) is 2.32. The Morgan fingerprint density at radius 3 is 2.67 bits per heavy atom. The van der Waals surface area contributed by atoms with Crippen molar-refractivity contribution in [1.82, 2.24) is 9.03 Å². The molecule has 108 valence electrons. The van der Waals surface area contributed by atoms with E-state index in [1.54, 1.807) is 21.0 Å². The van der Waals surface area contributed by atoms with Gasteiger partial charge in [-0.3, -0.25) is 0 Å². The lowest BCUT2D eigenvalue weighted by atomic mass is 10.1. The van der Waals surface area contributed by atoms with Gasteiger partial charge in [-0.15, -0.1) is 0 Å². The van der Waals surface area contributed by atoms with Crippen molar-refractivity contribution in [3.8, 4) is 0 Å². The number of nitrogens with two attached hydrogens (primary N) is 1. The van der Waals surface area contributed by atoms with Crippen LogP contribution >= 0.6 is 0 Å². The monoisotopic (exact) mass is 279 g/mol. The van der Waals surface area contributed by atoms with Gasteiger partial charge in [0.25, 0.3) is 10.2 Å². The third kappa shape index (κ3) is 4.17. The molecule has 0 aromatic carbocycles. The van der Waals surface area contributed by atoms with E-state index in [2.05, 4.69) is 4.72 Å². The van der Waals surface area contributed by atoms with Crippen LogP contribution in [0.2, 0.25) is 0 Å². The zero-order chi connectivity index (χ0) is 13.8. The molecule has 1 fully saturated rings. The maximum atomic E-state index is 12.3. The Bertz CT molecular complexity index is 357. The summed E-state index contributed by atoms with van der Waals surface area (Å²) in [4.78, 5) is 0. The van der Waals surface area contributed by atoms with Crippen molar-refractivity contribution >= 4 is 10.2 Å². The SMILES string of the molecule is COCC(C)(C)NS(=O)(=O)N1CCCCC1CN. The first-order valence-corrected chi connectivity index (χ1v) is 7.76. The second kappa shape index (κ2) is 6.29. The predicted molar refractivity (Wildman–Crippen MR) is 71.4 cm³/mol. The second-order valence-corrected chi connectivity index (χ2v) is 7.04. The average Bonchev–Trinajstić information content (AvgIpc) is 2.27. The molecule has 6 nitrogen and oxygen atoms in total. The molecule has 3 N–H and O–H groups in total. The highest BCUT2D eigenvalue weighted by Gasteiger charge is 2.35. The summed E-state index contributed by atoms with van der Waals surface area (Å²) in [7, 11) is -1.95. The Morgan fingerprint density at radius 2 is 2.11 bits per heavy atom. The van der Waals surface area contributed by atoms with Crippen LogP contribution in [0.15, 0.2) is 0 Å². The first-order chi connectivity index (χ1) is 8.32. The van der Waals surface area contributed by atoms with E-state index in [1.165, 1.54) is 4.31 Å². The summed E-state index contributed by atoms with van der Waals surface area (Å²) in [6.45, 7) is 4.84. The molecule has 1 aliphatic heterocycles. The fraction of sp³-hybridized carbons (Fsp3) is 1.00. The van der Waals surface area contributed by atoms with E-state index in [0.29, 0.717) is 19.7 Å². The number of piperidine rings is 1. The summed E-state index contributed by atoms with van der Waals surface area (Å²) in [5.74, 6) is 0. The maximum absolute atomic E-state index is 12.3. The molecular weight excluding hydrogens is 254 g/mol. The number of ether oxygens (including phenoxy) is 1. The molecule has 1 aliphatic rings. The van der Waals surface area contributed by atoms with E-state index in [0.717, 1.165) is 19.3 Å². The number of nitrogens with one attached hydrogen (secondary N) is 1. The lowest BCUT2D eigenvalue weighted by Crippen LogP contribution is -2.57. The van der Waals surface area contributed by atoms with Gasteiger partial charge in [0.05, 0.1) is 12.1 Å². The summed E-state index contributed by atoms with van der Waals surface area (Å²) in [5.41, 5.74) is 5.03. The first-order valence-electron chi connectivity index (χ1n) is 6.32. The Hall–Kier alpha value is -0.210. The molecule has 1 unspecified atom stereocenters. The van der Waals surface area contributed by atoms with E-state index >= 15 is 0 Å². The van der Waals surface area contributed by atoms with E-state index in [-0.39, 0.29) is 6.04 Å². The van der Waals surface area contributed by atoms with E-state index in [9.17, 15) is 8.42 Å². The van der Waals surface area contributed by atoms with Gasteiger partial charge < -0.3 is 10.5 Å². The smallest absolute Gasteiger partial charge is 0.280 e. The van der Waals surface area contributed by atoms with Crippen molar-refractivity contribution in [2.45, 2.75) is 44.7 Å². The van der Waals surface area contributed by atoms with Gasteiger partial charge in [0.1, 0.15) is 0 Å². The predicted octanol–water partition coefficient (Wildman–Crippen LogP) is 0.0590. The molecule has 0 saturated carbocycles. The molecular formula is C11H25N3O3S. The van der Waals surface area contributed by atoms with Gasteiger partial charge in [0.15, 0.2) is 0 Å². The van der Waals surface area contributed by atoms with Crippen molar-refractivity contribution in [3.05, 3.63) is 0 Å². The van der Waals surface area contributed by atoms with Crippen LogP contribution in [-0.4, -0.2) is 51.1 Å². The Morgan fingerprint density at radius 1 is 1.44 bits per heavy atom. The molecule has 1 saturated heterocycles. The molecule has 0 aromatic heterocycles. The third-order valence-electron chi connectivity index (χ3n) is 3.06. The quantitative estimate of drug-likeness (QED) is 0.720. The summed E-state index contributed by atoms with van der Waals surface area (Å²) in [5, 5.41) is 0. The second-order valence-electron chi connectivity index (χ2n) is 5.42. The highest BCUT2D eigenvalue weighted by Crippen LogP contribution is 2.20. The number of rotatable bonds is 6. The molecule has 1 heterocycles. The molecule has 0 radical (unpaired) electrons. The Balaban J connectivity index is 2.78. The van der Waals surface area contributed by atoms with E-state index in [4.69, 9.17) is 10.5 Å². The van der Waals surface area contributed by atoms with Gasteiger partial charge in [-0.25, -0.2) is 0 Å². The van der Waals surface area contributed by atoms with Crippen molar-refractivity contribution in [2.75, 3.05) is 26.8 Å². The molecule has 1 atom stereocenters. The Labute approximate surface area is 110 Å². The van der Waals surface area contributed by atoms with Crippen LogP contribution in [0.25, 0.3) is 0 Å². The number of nitrogens with zero attached hydrogens (tertiary/aromatic N) is 1. The molecule has 7 heteroatoms. The van der Waals surface area contributed by atoms with Gasteiger partial charge >= 0.3 is 0 Å². The minimum Gasteiger partial charge on any atom is -0.383 e. The van der Waals surface area contributed by atoms with Gasteiger partial charge in [-0.05, 0) is 26.7 Å². The molecule has 0 aromatic rings. The standard InChI is InChI=1S/C11H25N3O3S/c1-11(2,9-17-3)13-18(15,16)14-7-5-4-6-10(14)8-12/h10,13H,4-9,12H2,1-3H3. The summed E-state index contributed by atoms with van der Waals surface area (Å²) in [6, 6.07) is -0.0883. The lowest BCUT2D eigenvalue weighted by molar-refractivity contribution is 0.138. The third-order valence-corrected chi connectivity index (χ3v) is 4.97. The number of hydrogen-bond donors (Lipinski definition) is 2. The van der Waals surface area contributed by atoms with Crippen molar-refractivity contribution in [2.24, 2.45) is 5.73 Å². The largest absolute Gasteiger partial charge is 0.383 e. The topological polar surface area (TPSA) is 84.7 Å². The van der Waals surface area contributed by atoms with Gasteiger partial charge in [0, 0.05) is 26.2 Å². The Kier molecular flexibility index (Phi) is 5.54. The molecule has 0 bridgehead atoms. The zero-order valence-electron chi connectivity index (χ0n) is 11.5. The van der Waals surface area contributed by atoms with Gasteiger partial charge in [-0.2, -0.15) is 17.4 Å². The highest BCUT2D eigenvalue weighted by molar-refractivity contribution is 7.87. The molecule has 1 rings (SSSR count). The summed E-state index contributed by atoms with van der Waals surface area (Å²) >= 11 is 0. The average molecular weight is 279 g/mol. The van der Waals surface area contributed by atoms with Crippen molar-refractivity contribution < 1.29 is 13.2 Å². The van der Waals surface area contributed by atoms with Crippen LogP contribution in [0.3, 0.4) is 0 Å². The van der Waals surface area contributed by atoms with Crippen LogP contribution in [0.4, 0.5) is 0 Å². The highest BCUT2D eigenvalue weighted by atomic mass is 32.2. The lowest BCUT2D eigenvalue weighted by Gasteiger charge is -2.36. The number of hydrogen-bond acceptors (Lipinski definition) is 4. The van der Waals surface area contributed by atoms with Crippen LogP contribution in [0.5, 0.6) is 0 Å². The minimum absolute atomic E-state index is 0.0883. The van der Waals surface area contributed by atoms with Crippen LogP contribution in [0.1, 0.15) is 33.1 Å². The van der Waals surface area contributed by atoms with Crippen LogP contribution in [0, 0.1) is 0 Å². The maximum Gasteiger partial charge on any atom is 0.280 e. The summed E-state index contributed by atoms with van der Waals surface area (Å²) in [6.07, 6.45) is 2.76. The first kappa shape index (κ1) is 15.8. The molecule has 0 aliphatic carbocycles. The van der Waals surface area contributed by atoms with Crippen molar-refractivity contribution in [3.63, 3.8) is 0 Å². The van der Waals surface area contributed by atoms with Gasteiger partial charge in [-0.1, -0.05) is 6.42 Å². The van der Waals surface area contributed by atoms with Crippen LogP contribution < -0.4 is 10.5 Å². The molecule has 18 heavy (non-hydrogen) atoms. The fourth-order valence-corrected chi connectivity index (χ4v) is 4.15. The van der Waals surface area contributed by atoms with E-state index in [1.807, 2.05) is 0 Å². The minimum atomic E-state index is -3.50. The normalized spacial score (nSPS) is 23.2. The molecule has 0 amide bonds. The van der Waals surface area contributed by atoms with Crippen molar-refractivity contribution in [1.29, 1.82) is 0 Å². The van der Waals surface area contributed by atoms with Gasteiger partial charge in [0.2, 0.25) is 0 Å².